The van der Waals surface area contributed by atoms with Crippen molar-refractivity contribution in [3.8, 4) is 0 Å². The van der Waals surface area contributed by atoms with Gasteiger partial charge in [-0.05, 0) is 30.7 Å². The number of benzene rings is 1. The van der Waals surface area contributed by atoms with E-state index in [-0.39, 0.29) is 17.6 Å². The van der Waals surface area contributed by atoms with E-state index in [9.17, 15) is 14.0 Å². The largest absolute Gasteiger partial charge is 0.348 e. The molecule has 1 unspecified atom stereocenters. The van der Waals surface area contributed by atoms with Crippen molar-refractivity contribution in [2.75, 3.05) is 25.5 Å². The Balaban J connectivity index is 0.000000956. The van der Waals surface area contributed by atoms with E-state index in [4.69, 9.17) is 0 Å². The van der Waals surface area contributed by atoms with Crippen LogP contribution in [-0.4, -0.2) is 37.4 Å². The Morgan fingerprint density at radius 3 is 2.30 bits per heavy atom. The fraction of sp³-hybridized carbons (Fsp3) is 0.467. The van der Waals surface area contributed by atoms with Gasteiger partial charge in [-0.25, -0.2) is 4.39 Å². The molecule has 1 saturated heterocycles. The first-order chi connectivity index (χ1) is 9.50. The quantitative estimate of drug-likeness (QED) is 0.780. The van der Waals surface area contributed by atoms with Crippen molar-refractivity contribution in [3.05, 3.63) is 30.1 Å². The van der Waals surface area contributed by atoms with E-state index in [1.165, 1.54) is 21.9 Å². The normalized spacial score (nSPS) is 17.6. The summed E-state index contributed by atoms with van der Waals surface area (Å²) >= 11 is 0. The van der Waals surface area contributed by atoms with E-state index in [0.29, 0.717) is 18.7 Å². The molecule has 20 heavy (non-hydrogen) atoms. The maximum Gasteiger partial charge on any atom is 0.239 e. The monoisotopic (exact) mass is 280 g/mol. The van der Waals surface area contributed by atoms with Gasteiger partial charge in [0.15, 0.2) is 0 Å². The van der Waals surface area contributed by atoms with Gasteiger partial charge in [0.1, 0.15) is 11.7 Å². The minimum Gasteiger partial charge on any atom is -0.348 e. The molecule has 1 aromatic rings. The van der Waals surface area contributed by atoms with Crippen LogP contribution in [0.4, 0.5) is 10.1 Å². The zero-order chi connectivity index (χ0) is 15.3. The Morgan fingerprint density at radius 2 is 1.80 bits per heavy atom. The van der Waals surface area contributed by atoms with Crippen LogP contribution in [0, 0.1) is 11.7 Å². The highest BCUT2D eigenvalue weighted by atomic mass is 19.1. The van der Waals surface area contributed by atoms with Crippen LogP contribution in [-0.2, 0) is 9.59 Å². The summed E-state index contributed by atoms with van der Waals surface area (Å²) in [6, 6.07) is 5.72. The molecule has 1 fully saturated rings. The number of hydrogen-bond acceptors (Lipinski definition) is 2. The summed E-state index contributed by atoms with van der Waals surface area (Å²) in [4.78, 5) is 26.9. The number of carbonyl (C=O) groups is 2. The molecule has 110 valence electrons. The lowest BCUT2D eigenvalue weighted by Gasteiger charge is -2.18. The fourth-order valence-electron chi connectivity index (χ4n) is 2.10. The second-order valence-corrected chi connectivity index (χ2v) is 4.54. The van der Waals surface area contributed by atoms with Crippen LogP contribution in [0.3, 0.4) is 0 Å². The SMILES string of the molecule is CC.CN(C)C(=O)C1CCN(c2ccc(F)cc2)C1=O. The van der Waals surface area contributed by atoms with Crippen molar-refractivity contribution in [2.45, 2.75) is 20.3 Å². The van der Waals surface area contributed by atoms with Gasteiger partial charge in [0, 0.05) is 26.3 Å². The van der Waals surface area contributed by atoms with Crippen molar-refractivity contribution in [3.63, 3.8) is 0 Å². The van der Waals surface area contributed by atoms with E-state index in [1.54, 1.807) is 26.2 Å². The lowest BCUT2D eigenvalue weighted by molar-refractivity contribution is -0.137. The molecule has 1 aliphatic heterocycles. The van der Waals surface area contributed by atoms with Crippen molar-refractivity contribution in [1.29, 1.82) is 0 Å². The van der Waals surface area contributed by atoms with Crippen LogP contribution < -0.4 is 4.90 Å². The summed E-state index contributed by atoms with van der Waals surface area (Å²) in [6.07, 6.45) is 0.507. The Labute approximate surface area is 119 Å². The Hall–Kier alpha value is -1.91. The molecule has 2 amide bonds. The third kappa shape index (κ3) is 3.35. The minimum atomic E-state index is -0.606. The van der Waals surface area contributed by atoms with Gasteiger partial charge >= 0.3 is 0 Å². The van der Waals surface area contributed by atoms with Gasteiger partial charge < -0.3 is 9.80 Å². The highest BCUT2D eigenvalue weighted by molar-refractivity contribution is 6.09. The molecular formula is C15H21FN2O2. The molecular weight excluding hydrogens is 259 g/mol. The number of carbonyl (C=O) groups excluding carboxylic acids is 2. The molecule has 1 aromatic carbocycles. The molecule has 1 atom stereocenters. The maximum absolute atomic E-state index is 12.8. The lowest BCUT2D eigenvalue weighted by atomic mass is 10.1. The number of anilines is 1. The Bertz CT molecular complexity index is 471. The van der Waals surface area contributed by atoms with E-state index in [2.05, 4.69) is 0 Å². The molecule has 2 rings (SSSR count). The van der Waals surface area contributed by atoms with Gasteiger partial charge in [0.2, 0.25) is 11.8 Å². The predicted octanol–water partition coefficient (Wildman–Crippen LogP) is 2.29. The molecule has 0 radical (unpaired) electrons. The molecule has 0 aliphatic carbocycles. The molecule has 0 spiro atoms. The van der Waals surface area contributed by atoms with Crippen molar-refractivity contribution in [2.24, 2.45) is 5.92 Å². The first-order valence-electron chi connectivity index (χ1n) is 6.79. The van der Waals surface area contributed by atoms with Crippen molar-refractivity contribution < 1.29 is 14.0 Å². The van der Waals surface area contributed by atoms with Gasteiger partial charge in [-0.15, -0.1) is 0 Å². The first-order valence-corrected chi connectivity index (χ1v) is 6.79. The van der Waals surface area contributed by atoms with Gasteiger partial charge in [0.05, 0.1) is 0 Å². The minimum absolute atomic E-state index is 0.176. The number of rotatable bonds is 2. The fourth-order valence-corrected chi connectivity index (χ4v) is 2.10. The van der Waals surface area contributed by atoms with Gasteiger partial charge in [0.25, 0.3) is 0 Å². The summed E-state index contributed by atoms with van der Waals surface area (Å²) in [6.45, 7) is 4.49. The molecule has 5 heteroatoms. The molecule has 0 saturated carbocycles. The zero-order valence-electron chi connectivity index (χ0n) is 12.4. The van der Waals surface area contributed by atoms with Gasteiger partial charge in [-0.1, -0.05) is 13.8 Å². The number of nitrogens with zero attached hydrogens (tertiary/aromatic N) is 2. The number of halogens is 1. The van der Waals surface area contributed by atoms with E-state index < -0.39 is 5.92 Å². The third-order valence-corrected chi connectivity index (χ3v) is 3.08. The highest BCUT2D eigenvalue weighted by Crippen LogP contribution is 2.26. The molecule has 0 aromatic heterocycles. The molecule has 1 heterocycles. The second kappa shape index (κ2) is 7.03. The number of hydrogen-bond donors (Lipinski definition) is 0. The predicted molar refractivity (Wildman–Crippen MR) is 76.9 cm³/mol. The van der Waals surface area contributed by atoms with Gasteiger partial charge in [-0.2, -0.15) is 0 Å². The van der Waals surface area contributed by atoms with Gasteiger partial charge in [-0.3, -0.25) is 9.59 Å². The summed E-state index contributed by atoms with van der Waals surface area (Å²) < 4.78 is 12.8. The highest BCUT2D eigenvalue weighted by Gasteiger charge is 2.38. The standard InChI is InChI=1S/C13H15FN2O2.C2H6/c1-15(2)12(17)11-7-8-16(13(11)18)10-5-3-9(14)4-6-10;1-2/h3-6,11H,7-8H2,1-2H3;1-2H3. The van der Waals surface area contributed by atoms with Crippen molar-refractivity contribution in [1.82, 2.24) is 4.90 Å². The van der Waals surface area contributed by atoms with Crippen LogP contribution in [0.15, 0.2) is 24.3 Å². The zero-order valence-corrected chi connectivity index (χ0v) is 12.4. The topological polar surface area (TPSA) is 40.6 Å². The second-order valence-electron chi connectivity index (χ2n) is 4.54. The van der Waals surface area contributed by atoms with Crippen LogP contribution in [0.2, 0.25) is 0 Å². The van der Waals surface area contributed by atoms with E-state index in [0.717, 1.165) is 0 Å². The summed E-state index contributed by atoms with van der Waals surface area (Å²) in [7, 11) is 3.27. The van der Waals surface area contributed by atoms with Crippen LogP contribution >= 0.6 is 0 Å². The molecule has 1 aliphatic rings. The molecule has 4 nitrogen and oxygen atoms in total. The van der Waals surface area contributed by atoms with Crippen LogP contribution in [0.5, 0.6) is 0 Å². The third-order valence-electron chi connectivity index (χ3n) is 3.08. The van der Waals surface area contributed by atoms with Crippen LogP contribution in [0.25, 0.3) is 0 Å². The van der Waals surface area contributed by atoms with Crippen molar-refractivity contribution >= 4 is 17.5 Å². The molecule has 0 N–H and O–H groups in total. The van der Waals surface area contributed by atoms with Crippen LogP contribution in [0.1, 0.15) is 20.3 Å². The maximum atomic E-state index is 12.8. The summed E-state index contributed by atoms with van der Waals surface area (Å²) in [5, 5.41) is 0. The van der Waals surface area contributed by atoms with E-state index >= 15 is 0 Å². The molecule has 0 bridgehead atoms. The Morgan fingerprint density at radius 1 is 1.25 bits per heavy atom. The average Bonchev–Trinajstić information content (AvgIpc) is 2.83. The average molecular weight is 280 g/mol. The number of amides is 2. The summed E-state index contributed by atoms with van der Waals surface area (Å²) in [5.41, 5.74) is 0.635. The first kappa shape index (κ1) is 16.1. The summed E-state index contributed by atoms with van der Waals surface area (Å²) in [5.74, 6) is -1.33. The smallest absolute Gasteiger partial charge is 0.239 e. The lowest BCUT2D eigenvalue weighted by Crippen LogP contribution is -2.36. The van der Waals surface area contributed by atoms with E-state index in [1.807, 2.05) is 13.8 Å². The Kier molecular flexibility index (Phi) is 5.67.